The molecule has 0 aromatic heterocycles. The van der Waals surface area contributed by atoms with Crippen molar-refractivity contribution in [2.45, 2.75) is 0 Å². The van der Waals surface area contributed by atoms with Crippen molar-refractivity contribution in [3.63, 3.8) is 0 Å². The van der Waals surface area contributed by atoms with Gasteiger partial charge in [0.05, 0.1) is 17.8 Å². The van der Waals surface area contributed by atoms with E-state index in [0.717, 1.165) is 0 Å². The number of ether oxygens (including phenoxy) is 2. The monoisotopic (exact) mass is 412 g/mol. The van der Waals surface area contributed by atoms with E-state index in [1.54, 1.807) is 30.2 Å². The zero-order valence-electron chi connectivity index (χ0n) is 15.3. The third-order valence-electron chi connectivity index (χ3n) is 4.13. The largest absolute Gasteiger partial charge is 0.493 e. The summed E-state index contributed by atoms with van der Waals surface area (Å²) in [6.45, 7) is 0.0675. The minimum absolute atomic E-state index is 0.0675. The number of hydrogen-bond acceptors (Lipinski definition) is 4. The Morgan fingerprint density at radius 2 is 2.00 bits per heavy atom. The van der Waals surface area contributed by atoms with Crippen LogP contribution >= 0.6 is 23.8 Å². The van der Waals surface area contributed by atoms with E-state index in [4.69, 9.17) is 39.7 Å². The van der Waals surface area contributed by atoms with Gasteiger partial charge in [-0.25, -0.2) is 0 Å². The SMILES string of the molecule is C#CCOc1c(Cl)cc(C=C2C(=O)N(c3ccccc3)C(=S)N2C)cc1OC. The molecular weight excluding hydrogens is 396 g/mol. The van der Waals surface area contributed by atoms with Gasteiger partial charge in [0.2, 0.25) is 0 Å². The van der Waals surface area contributed by atoms with E-state index in [9.17, 15) is 4.79 Å². The van der Waals surface area contributed by atoms with Crippen molar-refractivity contribution in [3.05, 3.63) is 58.7 Å². The summed E-state index contributed by atoms with van der Waals surface area (Å²) in [5.41, 5.74) is 1.80. The van der Waals surface area contributed by atoms with Crippen molar-refractivity contribution in [3.8, 4) is 23.8 Å². The Bertz CT molecular complexity index is 999. The van der Waals surface area contributed by atoms with Crippen LogP contribution in [0.5, 0.6) is 11.5 Å². The summed E-state index contributed by atoms with van der Waals surface area (Å²) in [6.07, 6.45) is 6.94. The van der Waals surface area contributed by atoms with Gasteiger partial charge in [0, 0.05) is 7.05 Å². The molecule has 1 heterocycles. The summed E-state index contributed by atoms with van der Waals surface area (Å²) in [4.78, 5) is 16.1. The van der Waals surface area contributed by atoms with Crippen molar-refractivity contribution >= 4 is 46.6 Å². The minimum Gasteiger partial charge on any atom is -0.493 e. The first-order valence-electron chi connectivity index (χ1n) is 8.30. The van der Waals surface area contributed by atoms with E-state index in [2.05, 4.69) is 5.92 Å². The predicted molar refractivity (Wildman–Crippen MR) is 115 cm³/mol. The van der Waals surface area contributed by atoms with Crippen molar-refractivity contribution in [2.75, 3.05) is 25.7 Å². The lowest BCUT2D eigenvalue weighted by Gasteiger charge is -2.16. The number of carbonyl (C=O) groups excluding carboxylic acids is 1. The zero-order chi connectivity index (χ0) is 20.3. The molecule has 0 aliphatic carbocycles. The molecule has 1 aliphatic rings. The van der Waals surface area contributed by atoms with Crippen LogP contribution in [0.2, 0.25) is 5.02 Å². The number of benzene rings is 2. The molecule has 28 heavy (non-hydrogen) atoms. The molecule has 5 nitrogen and oxygen atoms in total. The fourth-order valence-corrected chi connectivity index (χ4v) is 3.36. The van der Waals surface area contributed by atoms with Crippen LogP contribution in [0.4, 0.5) is 5.69 Å². The number of thiocarbonyl (C=S) groups is 1. The lowest BCUT2D eigenvalue weighted by Crippen LogP contribution is -2.30. The first-order chi connectivity index (χ1) is 13.5. The molecule has 1 amide bonds. The van der Waals surface area contributed by atoms with Gasteiger partial charge in [0.1, 0.15) is 12.3 Å². The van der Waals surface area contributed by atoms with E-state index < -0.39 is 0 Å². The second-order valence-corrected chi connectivity index (χ2v) is 6.65. The average Bonchev–Trinajstić information content (AvgIpc) is 2.90. The van der Waals surface area contributed by atoms with Crippen LogP contribution in [0.3, 0.4) is 0 Å². The van der Waals surface area contributed by atoms with Gasteiger partial charge >= 0.3 is 0 Å². The summed E-state index contributed by atoms with van der Waals surface area (Å²) in [6, 6.07) is 12.7. The van der Waals surface area contributed by atoms with E-state index in [0.29, 0.717) is 38.6 Å². The second-order valence-electron chi connectivity index (χ2n) is 5.87. The van der Waals surface area contributed by atoms with Crippen LogP contribution in [-0.4, -0.2) is 36.7 Å². The molecule has 0 spiro atoms. The lowest BCUT2D eigenvalue weighted by atomic mass is 10.1. The lowest BCUT2D eigenvalue weighted by molar-refractivity contribution is -0.114. The fourth-order valence-electron chi connectivity index (χ4n) is 2.80. The molecule has 2 aromatic carbocycles. The summed E-state index contributed by atoms with van der Waals surface area (Å²) < 4.78 is 10.8. The van der Waals surface area contributed by atoms with Crippen molar-refractivity contribution in [1.29, 1.82) is 0 Å². The molecule has 142 valence electrons. The fraction of sp³-hybridized carbons (Fsp3) is 0.143. The van der Waals surface area contributed by atoms with Crippen molar-refractivity contribution < 1.29 is 14.3 Å². The zero-order valence-corrected chi connectivity index (χ0v) is 16.9. The number of likely N-dealkylation sites (N-methyl/N-ethyl adjacent to an activating group) is 1. The van der Waals surface area contributed by atoms with Crippen LogP contribution in [0.1, 0.15) is 5.56 Å². The van der Waals surface area contributed by atoms with Gasteiger partial charge in [-0.1, -0.05) is 35.7 Å². The highest BCUT2D eigenvalue weighted by Gasteiger charge is 2.36. The average molecular weight is 413 g/mol. The molecular formula is C21H17ClN2O3S. The van der Waals surface area contributed by atoms with Crippen LogP contribution in [0, 0.1) is 12.3 Å². The predicted octanol–water partition coefficient (Wildman–Crippen LogP) is 3.97. The smallest absolute Gasteiger partial charge is 0.281 e. The highest BCUT2D eigenvalue weighted by atomic mass is 35.5. The van der Waals surface area contributed by atoms with Crippen LogP contribution in [-0.2, 0) is 4.79 Å². The maximum Gasteiger partial charge on any atom is 0.281 e. The highest BCUT2D eigenvalue weighted by Crippen LogP contribution is 2.37. The number of rotatable bonds is 5. The van der Waals surface area contributed by atoms with E-state index >= 15 is 0 Å². The Morgan fingerprint density at radius 1 is 1.29 bits per heavy atom. The third kappa shape index (κ3) is 3.68. The number of anilines is 1. The van der Waals surface area contributed by atoms with Gasteiger partial charge in [0.25, 0.3) is 5.91 Å². The molecule has 3 rings (SSSR count). The molecule has 0 N–H and O–H groups in total. The molecule has 2 aromatic rings. The highest BCUT2D eigenvalue weighted by molar-refractivity contribution is 7.80. The Labute approximate surface area is 174 Å². The number of para-hydroxylation sites is 1. The summed E-state index contributed by atoms with van der Waals surface area (Å²) >= 11 is 11.8. The molecule has 1 saturated heterocycles. The summed E-state index contributed by atoms with van der Waals surface area (Å²) in [5.74, 6) is 2.94. The van der Waals surface area contributed by atoms with Gasteiger partial charge in [-0.15, -0.1) is 6.42 Å². The molecule has 1 aliphatic heterocycles. The third-order valence-corrected chi connectivity index (χ3v) is 4.87. The number of amides is 1. The van der Waals surface area contributed by atoms with Gasteiger partial charge in [0.15, 0.2) is 16.6 Å². The topological polar surface area (TPSA) is 42.0 Å². The number of terminal acetylenes is 1. The number of carbonyl (C=O) groups is 1. The van der Waals surface area contributed by atoms with Gasteiger partial charge in [-0.2, -0.15) is 0 Å². The number of halogens is 1. The molecule has 0 radical (unpaired) electrons. The maximum atomic E-state index is 13.0. The molecule has 0 unspecified atom stereocenters. The molecule has 0 bridgehead atoms. The Hall–Kier alpha value is -3.01. The first kappa shape index (κ1) is 19.7. The first-order valence-corrected chi connectivity index (χ1v) is 9.09. The Balaban J connectivity index is 1.99. The van der Waals surface area contributed by atoms with E-state index in [-0.39, 0.29) is 12.5 Å². The minimum atomic E-state index is -0.221. The van der Waals surface area contributed by atoms with Crippen LogP contribution < -0.4 is 14.4 Å². The van der Waals surface area contributed by atoms with Gasteiger partial charge < -0.3 is 14.4 Å². The summed E-state index contributed by atoms with van der Waals surface area (Å²) in [5, 5.41) is 0.728. The maximum absolute atomic E-state index is 13.0. The van der Waals surface area contributed by atoms with Crippen LogP contribution in [0.15, 0.2) is 48.2 Å². The number of methoxy groups -OCH3 is 1. The summed E-state index contributed by atoms with van der Waals surface area (Å²) in [7, 11) is 3.25. The van der Waals surface area contributed by atoms with E-state index in [1.165, 1.54) is 12.0 Å². The molecule has 7 heteroatoms. The quantitative estimate of drug-likeness (QED) is 0.422. The van der Waals surface area contributed by atoms with Gasteiger partial charge in [-0.3, -0.25) is 9.69 Å². The Morgan fingerprint density at radius 3 is 2.64 bits per heavy atom. The Kier molecular flexibility index (Phi) is 5.88. The van der Waals surface area contributed by atoms with Crippen molar-refractivity contribution in [2.24, 2.45) is 0 Å². The standard InChI is InChI=1S/C21H17ClN2O3S/c1-4-10-27-19-16(22)11-14(13-18(19)26-3)12-17-20(25)24(21(28)23(17)2)15-8-6-5-7-9-15/h1,5-9,11-13H,10H2,2-3H3. The normalized spacial score (nSPS) is 15.1. The van der Waals surface area contributed by atoms with Gasteiger partial charge in [-0.05, 0) is 48.1 Å². The number of nitrogens with zero attached hydrogens (tertiary/aromatic N) is 2. The second kappa shape index (κ2) is 8.34. The molecule has 0 saturated carbocycles. The number of hydrogen-bond donors (Lipinski definition) is 0. The van der Waals surface area contributed by atoms with Crippen molar-refractivity contribution in [1.82, 2.24) is 4.90 Å². The van der Waals surface area contributed by atoms with Crippen LogP contribution in [0.25, 0.3) is 6.08 Å². The van der Waals surface area contributed by atoms with E-state index in [1.807, 2.05) is 30.3 Å². The molecule has 0 atom stereocenters. The molecule has 1 fully saturated rings.